The summed E-state index contributed by atoms with van der Waals surface area (Å²) in [6.07, 6.45) is 2.88. The third-order valence-corrected chi connectivity index (χ3v) is 3.81. The second-order valence-electron chi connectivity index (χ2n) is 5.40. The highest BCUT2D eigenvalue weighted by atomic mass is 19.1. The van der Waals surface area contributed by atoms with E-state index in [1.807, 2.05) is 18.2 Å². The molecule has 0 aliphatic heterocycles. The molecule has 0 unspecified atom stereocenters. The number of H-pyrrole nitrogens is 1. The number of fused-ring (bicyclic) bond motifs is 1. The number of rotatable bonds is 4. The van der Waals surface area contributed by atoms with Crippen LogP contribution in [0.3, 0.4) is 0 Å². The number of hydrogen-bond acceptors (Lipinski definition) is 4. The number of aromatic nitrogens is 5. The molecular formula is C17H13FN6O. The molecule has 0 spiro atoms. The van der Waals surface area contributed by atoms with Gasteiger partial charge in [-0.2, -0.15) is 10.2 Å². The SMILES string of the molecule is O=C(NCc1cccc2ncnn12)c1cn[nH]c1-c1cccc(F)c1. The first kappa shape index (κ1) is 15.0. The minimum atomic E-state index is -0.378. The number of pyridine rings is 1. The van der Waals surface area contributed by atoms with Crippen LogP contribution in [0.25, 0.3) is 16.9 Å². The van der Waals surface area contributed by atoms with Crippen LogP contribution in [0.15, 0.2) is 55.0 Å². The van der Waals surface area contributed by atoms with E-state index in [1.54, 1.807) is 16.6 Å². The first-order chi connectivity index (χ1) is 12.2. The normalized spacial score (nSPS) is 10.9. The van der Waals surface area contributed by atoms with Crippen LogP contribution in [0.1, 0.15) is 16.1 Å². The summed E-state index contributed by atoms with van der Waals surface area (Å²) in [6, 6.07) is 11.5. The topological polar surface area (TPSA) is 88.0 Å². The molecule has 124 valence electrons. The number of benzene rings is 1. The van der Waals surface area contributed by atoms with E-state index in [9.17, 15) is 9.18 Å². The Hall–Kier alpha value is -3.55. The highest BCUT2D eigenvalue weighted by Gasteiger charge is 2.16. The van der Waals surface area contributed by atoms with E-state index < -0.39 is 0 Å². The smallest absolute Gasteiger partial charge is 0.255 e. The largest absolute Gasteiger partial charge is 0.346 e. The first-order valence-electron chi connectivity index (χ1n) is 7.57. The van der Waals surface area contributed by atoms with Gasteiger partial charge in [-0.05, 0) is 24.3 Å². The van der Waals surface area contributed by atoms with Crippen molar-refractivity contribution in [2.75, 3.05) is 0 Å². The van der Waals surface area contributed by atoms with E-state index in [1.165, 1.54) is 24.7 Å². The minimum absolute atomic E-state index is 0.271. The van der Waals surface area contributed by atoms with Crippen LogP contribution >= 0.6 is 0 Å². The van der Waals surface area contributed by atoms with E-state index in [-0.39, 0.29) is 18.3 Å². The zero-order chi connectivity index (χ0) is 17.2. The highest BCUT2D eigenvalue weighted by molar-refractivity contribution is 5.99. The maximum atomic E-state index is 13.4. The van der Waals surface area contributed by atoms with Gasteiger partial charge >= 0.3 is 0 Å². The van der Waals surface area contributed by atoms with Crippen molar-refractivity contribution in [3.63, 3.8) is 0 Å². The molecule has 0 atom stereocenters. The maximum Gasteiger partial charge on any atom is 0.255 e. The van der Waals surface area contributed by atoms with Gasteiger partial charge in [-0.25, -0.2) is 13.9 Å². The Kier molecular flexibility index (Phi) is 3.70. The van der Waals surface area contributed by atoms with Gasteiger partial charge in [0.1, 0.15) is 12.1 Å². The molecule has 3 aromatic heterocycles. The van der Waals surface area contributed by atoms with Gasteiger partial charge < -0.3 is 5.32 Å². The number of aromatic amines is 1. The van der Waals surface area contributed by atoms with Crippen LogP contribution in [0.5, 0.6) is 0 Å². The van der Waals surface area contributed by atoms with Crippen molar-refractivity contribution >= 4 is 11.6 Å². The first-order valence-corrected chi connectivity index (χ1v) is 7.57. The van der Waals surface area contributed by atoms with Crippen molar-refractivity contribution in [3.8, 4) is 11.3 Å². The Morgan fingerprint density at radius 3 is 3.00 bits per heavy atom. The summed E-state index contributed by atoms with van der Waals surface area (Å²) in [5.74, 6) is -0.693. The Morgan fingerprint density at radius 2 is 2.12 bits per heavy atom. The third kappa shape index (κ3) is 2.85. The summed E-state index contributed by atoms with van der Waals surface area (Å²) in [6.45, 7) is 0.271. The lowest BCUT2D eigenvalue weighted by Gasteiger charge is -2.07. The molecule has 1 aromatic carbocycles. The van der Waals surface area contributed by atoms with Gasteiger partial charge in [-0.15, -0.1) is 0 Å². The van der Waals surface area contributed by atoms with Gasteiger partial charge in [-0.3, -0.25) is 9.89 Å². The third-order valence-electron chi connectivity index (χ3n) is 3.81. The zero-order valence-corrected chi connectivity index (χ0v) is 13.0. The molecule has 0 radical (unpaired) electrons. The number of nitrogens with zero attached hydrogens (tertiary/aromatic N) is 4. The van der Waals surface area contributed by atoms with E-state index >= 15 is 0 Å². The summed E-state index contributed by atoms with van der Waals surface area (Å²) < 4.78 is 15.1. The molecule has 0 aliphatic carbocycles. The van der Waals surface area contributed by atoms with Gasteiger partial charge in [0.2, 0.25) is 0 Å². The molecule has 25 heavy (non-hydrogen) atoms. The number of nitrogens with one attached hydrogen (secondary N) is 2. The summed E-state index contributed by atoms with van der Waals surface area (Å²) in [5, 5.41) is 13.6. The number of halogens is 1. The fraction of sp³-hybridized carbons (Fsp3) is 0.0588. The van der Waals surface area contributed by atoms with Gasteiger partial charge in [0.05, 0.1) is 29.7 Å². The van der Waals surface area contributed by atoms with E-state index in [2.05, 4.69) is 25.6 Å². The van der Waals surface area contributed by atoms with Gasteiger partial charge in [-0.1, -0.05) is 18.2 Å². The monoisotopic (exact) mass is 336 g/mol. The van der Waals surface area contributed by atoms with Crippen LogP contribution in [0.4, 0.5) is 4.39 Å². The van der Waals surface area contributed by atoms with Gasteiger partial charge in [0.25, 0.3) is 5.91 Å². The fourth-order valence-electron chi connectivity index (χ4n) is 2.62. The molecule has 0 saturated carbocycles. The molecule has 7 nitrogen and oxygen atoms in total. The van der Waals surface area contributed by atoms with E-state index in [4.69, 9.17) is 0 Å². The standard InChI is InChI=1S/C17H13FN6O/c18-12-4-1-3-11(7-12)16-14(9-21-23-16)17(25)19-8-13-5-2-6-15-20-10-22-24(13)15/h1-7,9-10H,8H2,(H,19,25)(H,21,23). The number of carbonyl (C=O) groups is 1. The molecule has 0 aliphatic rings. The van der Waals surface area contributed by atoms with Crippen LogP contribution < -0.4 is 5.32 Å². The van der Waals surface area contributed by atoms with Crippen molar-refractivity contribution < 1.29 is 9.18 Å². The Balaban J connectivity index is 1.56. The lowest BCUT2D eigenvalue weighted by Crippen LogP contribution is -2.24. The van der Waals surface area contributed by atoms with E-state index in [0.717, 1.165) is 5.69 Å². The van der Waals surface area contributed by atoms with Crippen molar-refractivity contribution in [2.24, 2.45) is 0 Å². The molecule has 2 N–H and O–H groups in total. The molecule has 0 bridgehead atoms. The van der Waals surface area contributed by atoms with Crippen LogP contribution in [0, 0.1) is 5.82 Å². The predicted octanol–water partition coefficient (Wildman–Crippen LogP) is 2.19. The average molecular weight is 336 g/mol. The fourth-order valence-corrected chi connectivity index (χ4v) is 2.62. The Bertz CT molecular complexity index is 1050. The molecule has 4 rings (SSSR count). The number of carbonyl (C=O) groups excluding carboxylic acids is 1. The summed E-state index contributed by atoms with van der Waals surface area (Å²) in [7, 11) is 0. The van der Waals surface area contributed by atoms with Crippen molar-refractivity contribution in [2.45, 2.75) is 6.54 Å². The Labute approximate surface area is 141 Å². The molecule has 0 fully saturated rings. The Morgan fingerprint density at radius 1 is 1.24 bits per heavy atom. The van der Waals surface area contributed by atoms with Crippen molar-refractivity contribution in [1.82, 2.24) is 30.1 Å². The number of amides is 1. The molecule has 3 heterocycles. The second kappa shape index (κ2) is 6.16. The molecular weight excluding hydrogens is 323 g/mol. The summed E-state index contributed by atoms with van der Waals surface area (Å²) in [4.78, 5) is 16.6. The molecule has 4 aromatic rings. The second-order valence-corrected chi connectivity index (χ2v) is 5.40. The number of hydrogen-bond donors (Lipinski definition) is 2. The molecule has 1 amide bonds. The predicted molar refractivity (Wildman–Crippen MR) is 88.1 cm³/mol. The van der Waals surface area contributed by atoms with Crippen molar-refractivity contribution in [1.29, 1.82) is 0 Å². The van der Waals surface area contributed by atoms with E-state index in [0.29, 0.717) is 22.5 Å². The van der Waals surface area contributed by atoms with Crippen LogP contribution in [0.2, 0.25) is 0 Å². The highest BCUT2D eigenvalue weighted by Crippen LogP contribution is 2.21. The lowest BCUT2D eigenvalue weighted by atomic mass is 10.1. The zero-order valence-electron chi connectivity index (χ0n) is 13.0. The molecule has 0 saturated heterocycles. The minimum Gasteiger partial charge on any atom is -0.346 e. The quantitative estimate of drug-likeness (QED) is 0.598. The molecule has 8 heteroatoms. The summed E-state index contributed by atoms with van der Waals surface area (Å²) >= 11 is 0. The average Bonchev–Trinajstić information content (AvgIpc) is 3.28. The van der Waals surface area contributed by atoms with Crippen LogP contribution in [-0.2, 0) is 6.54 Å². The van der Waals surface area contributed by atoms with Crippen LogP contribution in [-0.4, -0.2) is 30.7 Å². The van der Waals surface area contributed by atoms with Crippen molar-refractivity contribution in [3.05, 3.63) is 72.1 Å². The maximum absolute atomic E-state index is 13.4. The summed E-state index contributed by atoms with van der Waals surface area (Å²) in [5.41, 5.74) is 2.86. The lowest BCUT2D eigenvalue weighted by molar-refractivity contribution is 0.0951. The van der Waals surface area contributed by atoms with Gasteiger partial charge in [0, 0.05) is 5.56 Å². The van der Waals surface area contributed by atoms with Gasteiger partial charge in [0.15, 0.2) is 5.65 Å².